The molecule has 1 aliphatic rings. The minimum atomic E-state index is -0.731. The number of aliphatic hydroxyl groups excluding tert-OH is 1. The molecule has 0 bridgehead atoms. The number of benzene rings is 2. The number of nitrogens with zero attached hydrogens (tertiary/aromatic N) is 1. The predicted octanol–water partition coefficient (Wildman–Crippen LogP) is 5.40. The molecule has 2 heterocycles. The van der Waals surface area contributed by atoms with Crippen LogP contribution in [0.15, 0.2) is 59.5 Å². The summed E-state index contributed by atoms with van der Waals surface area (Å²) in [6, 6.07) is 13.4. The van der Waals surface area contributed by atoms with Crippen LogP contribution in [0.5, 0.6) is 11.5 Å². The normalized spacial score (nSPS) is 17.5. The highest BCUT2D eigenvalue weighted by Gasteiger charge is 2.47. The van der Waals surface area contributed by atoms with Crippen molar-refractivity contribution in [1.82, 2.24) is 0 Å². The van der Waals surface area contributed by atoms with Crippen LogP contribution in [-0.4, -0.2) is 30.5 Å². The number of ether oxygens (including phenoxy) is 2. The molecule has 1 amide bonds. The molecule has 6 nitrogen and oxygen atoms in total. The monoisotopic (exact) mass is 463 g/mol. The summed E-state index contributed by atoms with van der Waals surface area (Å²) in [5.41, 5.74) is 2.86. The Bertz CT molecular complexity index is 1240. The molecule has 0 spiro atoms. The molecule has 1 saturated heterocycles. The lowest BCUT2D eigenvalue weighted by atomic mass is 9.97. The van der Waals surface area contributed by atoms with E-state index in [9.17, 15) is 14.7 Å². The van der Waals surface area contributed by atoms with Crippen molar-refractivity contribution in [3.8, 4) is 11.5 Å². The molecule has 0 radical (unpaired) electrons. The van der Waals surface area contributed by atoms with E-state index in [4.69, 9.17) is 9.47 Å². The lowest BCUT2D eigenvalue weighted by Gasteiger charge is -2.25. The highest BCUT2D eigenvalue weighted by Crippen LogP contribution is 2.45. The fraction of sp³-hybridized carbons (Fsp3) is 0.231. The van der Waals surface area contributed by atoms with Gasteiger partial charge in [0.2, 0.25) is 0 Å². The summed E-state index contributed by atoms with van der Waals surface area (Å²) in [5.74, 6) is -0.245. The zero-order valence-electron chi connectivity index (χ0n) is 18.9. The molecule has 2 aromatic carbocycles. The third kappa shape index (κ3) is 4.00. The average Bonchev–Trinajstić information content (AvgIpc) is 3.35. The molecule has 170 valence electrons. The number of aryl methyl sites for hydroxylation is 2. The van der Waals surface area contributed by atoms with E-state index in [2.05, 4.69) is 0 Å². The van der Waals surface area contributed by atoms with Gasteiger partial charge in [-0.25, -0.2) is 0 Å². The van der Waals surface area contributed by atoms with Gasteiger partial charge in [0.15, 0.2) is 0 Å². The van der Waals surface area contributed by atoms with Crippen LogP contribution in [-0.2, 0) is 9.59 Å². The minimum absolute atomic E-state index is 0.0740. The zero-order valence-corrected chi connectivity index (χ0v) is 19.7. The first-order valence-electron chi connectivity index (χ1n) is 10.6. The van der Waals surface area contributed by atoms with Gasteiger partial charge in [0.25, 0.3) is 11.7 Å². The van der Waals surface area contributed by atoms with Crippen LogP contribution in [0.25, 0.3) is 5.76 Å². The second kappa shape index (κ2) is 9.11. The number of carbonyl (C=O) groups is 2. The van der Waals surface area contributed by atoms with E-state index in [1.54, 1.807) is 49.6 Å². The van der Waals surface area contributed by atoms with Crippen molar-refractivity contribution in [2.45, 2.75) is 26.8 Å². The number of ketones is 1. The summed E-state index contributed by atoms with van der Waals surface area (Å²) < 4.78 is 10.8. The lowest BCUT2D eigenvalue weighted by Crippen LogP contribution is -2.29. The molecule has 33 heavy (non-hydrogen) atoms. The van der Waals surface area contributed by atoms with Crippen LogP contribution in [0, 0.1) is 13.8 Å². The lowest BCUT2D eigenvalue weighted by molar-refractivity contribution is -0.132. The van der Waals surface area contributed by atoms with Crippen molar-refractivity contribution in [3.63, 3.8) is 0 Å². The Labute approximate surface area is 196 Å². The van der Waals surface area contributed by atoms with Gasteiger partial charge in [-0.05, 0) is 85.8 Å². The number of amides is 1. The van der Waals surface area contributed by atoms with Crippen LogP contribution < -0.4 is 14.4 Å². The van der Waals surface area contributed by atoms with E-state index in [1.807, 2.05) is 32.2 Å². The Morgan fingerprint density at radius 1 is 1.06 bits per heavy atom. The van der Waals surface area contributed by atoms with E-state index in [0.717, 1.165) is 16.0 Å². The highest BCUT2D eigenvalue weighted by atomic mass is 32.1. The van der Waals surface area contributed by atoms with Crippen LogP contribution in [0.1, 0.15) is 34.5 Å². The van der Waals surface area contributed by atoms with Crippen molar-refractivity contribution in [1.29, 1.82) is 0 Å². The third-order valence-corrected chi connectivity index (χ3v) is 6.76. The van der Waals surface area contributed by atoms with Crippen molar-refractivity contribution < 1.29 is 24.2 Å². The number of thiophene rings is 1. The van der Waals surface area contributed by atoms with E-state index in [-0.39, 0.29) is 11.3 Å². The summed E-state index contributed by atoms with van der Waals surface area (Å²) in [7, 11) is 1.56. The first-order valence-corrected chi connectivity index (χ1v) is 11.5. The number of rotatable bonds is 6. The standard InChI is InChI=1S/C26H25NO5S/c1-5-32-20-11-6-17(14-16(20)3)23(28)21-22(25-15(2)12-13-33-25)27(26(30)24(21)29)18-7-9-19(31-4)10-8-18/h6-14,22,28H,5H2,1-4H3/b23-21-. The maximum absolute atomic E-state index is 13.2. The molecule has 7 heteroatoms. The van der Waals surface area contributed by atoms with Crippen LogP contribution in [0.4, 0.5) is 5.69 Å². The highest BCUT2D eigenvalue weighted by molar-refractivity contribution is 7.10. The topological polar surface area (TPSA) is 76.1 Å². The quantitative estimate of drug-likeness (QED) is 0.301. The molecular formula is C26H25NO5S. The largest absolute Gasteiger partial charge is 0.507 e. The zero-order chi connectivity index (χ0) is 23.7. The summed E-state index contributed by atoms with van der Waals surface area (Å²) >= 11 is 1.45. The SMILES string of the molecule is CCOc1ccc(/C(O)=C2/C(=O)C(=O)N(c3ccc(OC)cc3)C2c2sccc2C)cc1C. The Hall–Kier alpha value is -3.58. The molecule has 1 atom stereocenters. The molecule has 4 rings (SSSR count). The summed E-state index contributed by atoms with van der Waals surface area (Å²) in [6.45, 7) is 6.23. The van der Waals surface area contributed by atoms with Crippen LogP contribution in [0.2, 0.25) is 0 Å². The van der Waals surface area contributed by atoms with E-state index in [1.165, 1.54) is 16.2 Å². The van der Waals surface area contributed by atoms with Gasteiger partial charge >= 0.3 is 0 Å². The van der Waals surface area contributed by atoms with Gasteiger partial charge < -0.3 is 14.6 Å². The fourth-order valence-corrected chi connectivity index (χ4v) is 5.05. The van der Waals surface area contributed by atoms with E-state index < -0.39 is 17.7 Å². The molecule has 0 aliphatic carbocycles. The molecule has 1 fully saturated rings. The molecule has 1 aromatic heterocycles. The molecule has 1 aliphatic heterocycles. The van der Waals surface area contributed by atoms with Gasteiger partial charge in [-0.1, -0.05) is 0 Å². The van der Waals surface area contributed by atoms with E-state index in [0.29, 0.717) is 29.4 Å². The Kier molecular flexibility index (Phi) is 6.24. The maximum Gasteiger partial charge on any atom is 0.300 e. The number of hydrogen-bond donors (Lipinski definition) is 1. The van der Waals surface area contributed by atoms with Gasteiger partial charge in [-0.3, -0.25) is 14.5 Å². The van der Waals surface area contributed by atoms with Crippen LogP contribution in [0.3, 0.4) is 0 Å². The number of anilines is 1. The average molecular weight is 464 g/mol. The number of methoxy groups -OCH3 is 1. The smallest absolute Gasteiger partial charge is 0.300 e. The van der Waals surface area contributed by atoms with Crippen molar-refractivity contribution >= 4 is 34.5 Å². The maximum atomic E-state index is 13.2. The van der Waals surface area contributed by atoms with Crippen molar-refractivity contribution in [2.24, 2.45) is 0 Å². The summed E-state index contributed by atoms with van der Waals surface area (Å²) in [6.07, 6.45) is 0. The van der Waals surface area contributed by atoms with Gasteiger partial charge in [0.1, 0.15) is 23.3 Å². The Morgan fingerprint density at radius 3 is 2.36 bits per heavy atom. The summed E-state index contributed by atoms with van der Waals surface area (Å²) in [4.78, 5) is 28.7. The molecule has 0 saturated carbocycles. The van der Waals surface area contributed by atoms with Gasteiger partial charge in [0.05, 0.1) is 19.3 Å². The van der Waals surface area contributed by atoms with Gasteiger partial charge in [-0.2, -0.15) is 0 Å². The number of carbonyl (C=O) groups excluding carboxylic acids is 2. The first-order chi connectivity index (χ1) is 15.9. The predicted molar refractivity (Wildman–Crippen MR) is 129 cm³/mol. The first kappa shape index (κ1) is 22.6. The van der Waals surface area contributed by atoms with Gasteiger partial charge in [-0.15, -0.1) is 11.3 Å². The molecule has 1 unspecified atom stereocenters. The van der Waals surface area contributed by atoms with Crippen LogP contribution >= 0.6 is 11.3 Å². The fourth-order valence-electron chi connectivity index (χ4n) is 4.02. The van der Waals surface area contributed by atoms with Crippen molar-refractivity contribution in [3.05, 3.63) is 81.1 Å². The minimum Gasteiger partial charge on any atom is -0.507 e. The Balaban J connectivity index is 1.89. The second-order valence-electron chi connectivity index (χ2n) is 7.75. The number of Topliss-reactive ketones (excluding diaryl/α,β-unsaturated/α-hetero) is 1. The van der Waals surface area contributed by atoms with Gasteiger partial charge in [0, 0.05) is 16.1 Å². The number of aliphatic hydroxyl groups is 1. The second-order valence-corrected chi connectivity index (χ2v) is 8.70. The van der Waals surface area contributed by atoms with Crippen molar-refractivity contribution in [2.75, 3.05) is 18.6 Å². The summed E-state index contributed by atoms with van der Waals surface area (Å²) in [5, 5.41) is 13.2. The molecule has 1 N–H and O–H groups in total. The molecular weight excluding hydrogens is 438 g/mol. The molecule has 3 aromatic rings. The number of hydrogen-bond acceptors (Lipinski definition) is 6. The third-order valence-electron chi connectivity index (χ3n) is 5.69. The van der Waals surface area contributed by atoms with E-state index >= 15 is 0 Å². The Morgan fingerprint density at radius 2 is 1.79 bits per heavy atom.